The van der Waals surface area contributed by atoms with Gasteiger partial charge in [-0.05, 0) is 45.1 Å². The molecule has 2 rings (SSSR count). The molecule has 1 aliphatic carbocycles. The van der Waals surface area contributed by atoms with Crippen LogP contribution in [0.1, 0.15) is 32.6 Å². The summed E-state index contributed by atoms with van der Waals surface area (Å²) >= 11 is 0. The van der Waals surface area contributed by atoms with E-state index < -0.39 is 0 Å². The summed E-state index contributed by atoms with van der Waals surface area (Å²) in [5, 5.41) is 3.02. The Labute approximate surface area is 108 Å². The van der Waals surface area contributed by atoms with E-state index in [4.69, 9.17) is 5.73 Å². The fourth-order valence-electron chi connectivity index (χ4n) is 2.46. The van der Waals surface area contributed by atoms with Crippen LogP contribution in [0, 0.1) is 11.8 Å². The summed E-state index contributed by atoms with van der Waals surface area (Å²) in [6.07, 6.45) is 4.36. The molecule has 5 nitrogen and oxygen atoms in total. The smallest absolute Gasteiger partial charge is 0.234 e. The fraction of sp³-hybridized carbons (Fsp3) is 0.846. The molecule has 0 aromatic heterocycles. The van der Waals surface area contributed by atoms with Crippen LogP contribution >= 0.6 is 0 Å². The lowest BCUT2D eigenvalue weighted by Crippen LogP contribution is -2.50. The van der Waals surface area contributed by atoms with E-state index in [1.807, 2.05) is 11.8 Å². The zero-order valence-corrected chi connectivity index (χ0v) is 11.0. The molecule has 0 radical (unpaired) electrons. The SMILES string of the molecule is CC(C(N)=O)N1CCCC(C(=O)NCC2CC2)C1. The summed E-state index contributed by atoms with van der Waals surface area (Å²) in [4.78, 5) is 25.2. The molecule has 2 aliphatic rings. The second kappa shape index (κ2) is 5.69. The molecule has 0 aromatic rings. The summed E-state index contributed by atoms with van der Waals surface area (Å²) in [5.41, 5.74) is 5.31. The molecule has 2 unspecified atom stereocenters. The average molecular weight is 253 g/mol. The van der Waals surface area contributed by atoms with Crippen molar-refractivity contribution in [2.24, 2.45) is 17.6 Å². The summed E-state index contributed by atoms with van der Waals surface area (Å²) in [6.45, 7) is 4.14. The van der Waals surface area contributed by atoms with Crippen molar-refractivity contribution in [3.05, 3.63) is 0 Å². The lowest BCUT2D eigenvalue weighted by atomic mass is 9.96. The Morgan fingerprint density at radius 1 is 1.39 bits per heavy atom. The van der Waals surface area contributed by atoms with E-state index in [0.717, 1.165) is 25.9 Å². The van der Waals surface area contributed by atoms with Gasteiger partial charge in [0.25, 0.3) is 0 Å². The van der Waals surface area contributed by atoms with Crippen LogP contribution in [0.2, 0.25) is 0 Å². The minimum absolute atomic E-state index is 0.0132. The number of likely N-dealkylation sites (tertiary alicyclic amines) is 1. The van der Waals surface area contributed by atoms with Crippen LogP contribution in [0.3, 0.4) is 0 Å². The lowest BCUT2D eigenvalue weighted by molar-refractivity contribution is -0.130. The maximum absolute atomic E-state index is 12.0. The first kappa shape index (κ1) is 13.3. The summed E-state index contributed by atoms with van der Waals surface area (Å²) in [7, 11) is 0. The number of nitrogens with one attached hydrogen (secondary N) is 1. The molecule has 3 N–H and O–H groups in total. The highest BCUT2D eigenvalue weighted by molar-refractivity contribution is 5.80. The molecule has 1 aliphatic heterocycles. The first-order valence-corrected chi connectivity index (χ1v) is 6.89. The number of primary amides is 1. The van der Waals surface area contributed by atoms with Crippen molar-refractivity contribution in [3.63, 3.8) is 0 Å². The normalized spacial score (nSPS) is 26.6. The molecular formula is C13H23N3O2. The summed E-state index contributed by atoms with van der Waals surface area (Å²) in [6, 6.07) is -0.274. The minimum Gasteiger partial charge on any atom is -0.368 e. The van der Waals surface area contributed by atoms with Crippen LogP contribution in [-0.2, 0) is 9.59 Å². The van der Waals surface area contributed by atoms with Gasteiger partial charge in [-0.1, -0.05) is 0 Å². The van der Waals surface area contributed by atoms with Gasteiger partial charge >= 0.3 is 0 Å². The molecule has 5 heteroatoms. The van der Waals surface area contributed by atoms with Gasteiger partial charge in [0.2, 0.25) is 11.8 Å². The van der Waals surface area contributed by atoms with Crippen LogP contribution in [-0.4, -0.2) is 42.4 Å². The van der Waals surface area contributed by atoms with Gasteiger partial charge < -0.3 is 11.1 Å². The second-order valence-corrected chi connectivity index (χ2v) is 5.60. The Hall–Kier alpha value is -1.10. The Kier molecular flexibility index (Phi) is 4.22. The molecule has 0 aromatic carbocycles. The van der Waals surface area contributed by atoms with Gasteiger partial charge in [-0.2, -0.15) is 0 Å². The van der Waals surface area contributed by atoms with E-state index in [9.17, 15) is 9.59 Å². The molecule has 0 spiro atoms. The number of nitrogens with zero attached hydrogens (tertiary/aromatic N) is 1. The fourth-order valence-corrected chi connectivity index (χ4v) is 2.46. The van der Waals surface area contributed by atoms with Crippen molar-refractivity contribution < 1.29 is 9.59 Å². The average Bonchev–Trinajstić information content (AvgIpc) is 3.19. The van der Waals surface area contributed by atoms with Gasteiger partial charge in [-0.15, -0.1) is 0 Å². The van der Waals surface area contributed by atoms with E-state index >= 15 is 0 Å². The number of hydrogen-bond acceptors (Lipinski definition) is 3. The highest BCUT2D eigenvalue weighted by Crippen LogP contribution is 2.28. The largest absolute Gasteiger partial charge is 0.368 e. The van der Waals surface area contributed by atoms with Gasteiger partial charge in [0.05, 0.1) is 12.0 Å². The maximum atomic E-state index is 12.0. The van der Waals surface area contributed by atoms with Crippen LogP contribution < -0.4 is 11.1 Å². The topological polar surface area (TPSA) is 75.4 Å². The first-order chi connectivity index (χ1) is 8.58. The predicted octanol–water partition coefficient (Wildman–Crippen LogP) is 0.0984. The molecule has 18 heavy (non-hydrogen) atoms. The third-order valence-electron chi connectivity index (χ3n) is 4.04. The quantitative estimate of drug-likeness (QED) is 0.729. The van der Waals surface area contributed by atoms with Crippen LogP contribution in [0.5, 0.6) is 0 Å². The summed E-state index contributed by atoms with van der Waals surface area (Å²) in [5.74, 6) is 0.551. The van der Waals surface area contributed by atoms with Crippen molar-refractivity contribution in [1.82, 2.24) is 10.2 Å². The van der Waals surface area contributed by atoms with Crippen molar-refractivity contribution >= 4 is 11.8 Å². The second-order valence-electron chi connectivity index (χ2n) is 5.60. The standard InChI is InChI=1S/C13H23N3O2/c1-9(12(14)17)16-6-2-3-11(8-16)13(18)15-7-10-4-5-10/h9-11H,2-8H2,1H3,(H2,14,17)(H,15,18). The minimum atomic E-state index is -0.311. The highest BCUT2D eigenvalue weighted by atomic mass is 16.2. The number of nitrogens with two attached hydrogens (primary N) is 1. The zero-order valence-electron chi connectivity index (χ0n) is 11.0. The molecule has 0 bridgehead atoms. The number of amides is 2. The Morgan fingerprint density at radius 3 is 2.72 bits per heavy atom. The van der Waals surface area contributed by atoms with Gasteiger partial charge in [-0.3, -0.25) is 14.5 Å². The molecule has 1 saturated carbocycles. The molecule has 2 amide bonds. The highest BCUT2D eigenvalue weighted by Gasteiger charge is 2.30. The molecule has 1 heterocycles. The Bertz CT molecular complexity index is 328. The number of piperidine rings is 1. The lowest BCUT2D eigenvalue weighted by Gasteiger charge is -2.34. The van der Waals surface area contributed by atoms with Gasteiger partial charge in [-0.25, -0.2) is 0 Å². The van der Waals surface area contributed by atoms with Crippen molar-refractivity contribution in [2.45, 2.75) is 38.6 Å². The van der Waals surface area contributed by atoms with Crippen molar-refractivity contribution in [2.75, 3.05) is 19.6 Å². The zero-order chi connectivity index (χ0) is 13.1. The van der Waals surface area contributed by atoms with Crippen molar-refractivity contribution in [3.8, 4) is 0 Å². The third kappa shape index (κ3) is 3.45. The van der Waals surface area contributed by atoms with Crippen LogP contribution in [0.25, 0.3) is 0 Å². The van der Waals surface area contributed by atoms with Crippen LogP contribution in [0.4, 0.5) is 0 Å². The van der Waals surface area contributed by atoms with Gasteiger partial charge in [0.1, 0.15) is 0 Å². The van der Waals surface area contributed by atoms with Gasteiger partial charge in [0, 0.05) is 13.1 Å². The molecule has 2 fully saturated rings. The monoisotopic (exact) mass is 253 g/mol. The number of hydrogen-bond donors (Lipinski definition) is 2. The predicted molar refractivity (Wildman–Crippen MR) is 68.7 cm³/mol. The van der Waals surface area contributed by atoms with E-state index in [-0.39, 0.29) is 23.8 Å². The summed E-state index contributed by atoms with van der Waals surface area (Å²) < 4.78 is 0. The first-order valence-electron chi connectivity index (χ1n) is 6.89. The third-order valence-corrected chi connectivity index (χ3v) is 4.04. The molecule has 2 atom stereocenters. The maximum Gasteiger partial charge on any atom is 0.234 e. The Balaban J connectivity index is 1.81. The van der Waals surface area contributed by atoms with E-state index in [2.05, 4.69) is 5.32 Å². The molecule has 102 valence electrons. The van der Waals surface area contributed by atoms with E-state index in [1.54, 1.807) is 0 Å². The van der Waals surface area contributed by atoms with E-state index in [0.29, 0.717) is 12.5 Å². The number of carbonyl (C=O) groups is 2. The van der Waals surface area contributed by atoms with Gasteiger partial charge in [0.15, 0.2) is 0 Å². The molecule has 1 saturated heterocycles. The number of rotatable bonds is 5. The van der Waals surface area contributed by atoms with Crippen LogP contribution in [0.15, 0.2) is 0 Å². The Morgan fingerprint density at radius 2 is 2.11 bits per heavy atom. The molecular weight excluding hydrogens is 230 g/mol. The number of carbonyl (C=O) groups excluding carboxylic acids is 2. The van der Waals surface area contributed by atoms with E-state index in [1.165, 1.54) is 12.8 Å². The van der Waals surface area contributed by atoms with Crippen molar-refractivity contribution in [1.29, 1.82) is 0 Å².